The van der Waals surface area contributed by atoms with Crippen molar-refractivity contribution in [1.29, 1.82) is 0 Å². The highest BCUT2D eigenvalue weighted by molar-refractivity contribution is 7.07. The molecule has 2 heterocycles. The summed E-state index contributed by atoms with van der Waals surface area (Å²) in [6.07, 6.45) is 1.84. The number of allylic oxidation sites excluding steroid dienone is 1. The molecule has 1 atom stereocenters. The molecule has 0 fully saturated rings. The number of rotatable bonds is 7. The number of nitrogens with zero attached hydrogens (tertiary/aromatic N) is 2. The highest BCUT2D eigenvalue weighted by Crippen LogP contribution is 2.37. The Morgan fingerprint density at radius 3 is 2.39 bits per heavy atom. The lowest BCUT2D eigenvalue weighted by Crippen LogP contribution is -2.40. The highest BCUT2D eigenvalue weighted by atomic mass is 32.1. The minimum atomic E-state index is -0.801. The van der Waals surface area contributed by atoms with Gasteiger partial charge in [0.05, 0.1) is 43.7 Å². The van der Waals surface area contributed by atoms with Crippen molar-refractivity contribution in [3.63, 3.8) is 0 Å². The van der Waals surface area contributed by atoms with Gasteiger partial charge in [-0.2, -0.15) is 0 Å². The number of ether oxygens (including phenoxy) is 4. The first kappa shape index (κ1) is 25.2. The molecule has 0 amide bonds. The Morgan fingerprint density at radius 2 is 1.75 bits per heavy atom. The third-order valence-corrected chi connectivity index (χ3v) is 6.99. The number of carbonyl (C=O) groups excluding carboxylic acids is 1. The van der Waals surface area contributed by atoms with E-state index in [1.165, 1.54) is 15.9 Å². The van der Waals surface area contributed by atoms with Crippen molar-refractivity contribution in [3.8, 4) is 17.2 Å². The summed E-state index contributed by atoms with van der Waals surface area (Å²) in [6, 6.07) is 10.2. The maximum Gasteiger partial charge on any atom is 0.338 e. The normalized spacial score (nSPS) is 15.3. The van der Waals surface area contributed by atoms with Gasteiger partial charge in [0, 0.05) is 5.56 Å². The van der Waals surface area contributed by atoms with Crippen LogP contribution in [0, 0.1) is 6.92 Å². The summed E-state index contributed by atoms with van der Waals surface area (Å²) < 4.78 is 23.8. The van der Waals surface area contributed by atoms with E-state index in [2.05, 4.69) is 4.99 Å². The summed E-state index contributed by atoms with van der Waals surface area (Å²) in [4.78, 5) is 32.1. The zero-order valence-electron chi connectivity index (χ0n) is 21.1. The largest absolute Gasteiger partial charge is 0.497 e. The highest BCUT2D eigenvalue weighted by Gasteiger charge is 2.35. The molecule has 0 saturated heterocycles. The first-order valence-corrected chi connectivity index (χ1v) is 12.2. The van der Waals surface area contributed by atoms with E-state index in [4.69, 9.17) is 18.9 Å². The molecule has 0 N–H and O–H groups in total. The van der Waals surface area contributed by atoms with Gasteiger partial charge in [0.15, 0.2) is 4.80 Å². The van der Waals surface area contributed by atoms with Crippen molar-refractivity contribution < 1.29 is 23.7 Å². The van der Waals surface area contributed by atoms with Crippen molar-refractivity contribution >= 4 is 23.4 Å². The third-order valence-electron chi connectivity index (χ3n) is 6.01. The van der Waals surface area contributed by atoms with Crippen LogP contribution >= 0.6 is 11.3 Å². The van der Waals surface area contributed by atoms with Crippen molar-refractivity contribution in [3.05, 3.63) is 84.0 Å². The lowest BCUT2D eigenvalue weighted by atomic mass is 9.94. The molecule has 3 aromatic rings. The molecule has 1 aromatic heterocycles. The van der Waals surface area contributed by atoms with E-state index in [9.17, 15) is 9.59 Å². The average molecular weight is 509 g/mol. The van der Waals surface area contributed by atoms with Crippen LogP contribution in [0.3, 0.4) is 0 Å². The Hall–Kier alpha value is -3.85. The maximum absolute atomic E-state index is 13.8. The summed E-state index contributed by atoms with van der Waals surface area (Å²) in [5.74, 6) is 1.29. The van der Waals surface area contributed by atoms with Crippen molar-refractivity contribution in [1.82, 2.24) is 4.57 Å². The minimum Gasteiger partial charge on any atom is -0.497 e. The maximum atomic E-state index is 13.8. The topological polar surface area (TPSA) is 88.4 Å². The van der Waals surface area contributed by atoms with E-state index >= 15 is 0 Å². The van der Waals surface area contributed by atoms with Crippen LogP contribution in [0.5, 0.6) is 17.2 Å². The van der Waals surface area contributed by atoms with Gasteiger partial charge < -0.3 is 18.9 Å². The molecule has 1 aliphatic rings. The fraction of sp³-hybridized carbons (Fsp3) is 0.296. The number of fused-ring (bicyclic) bond motifs is 1. The van der Waals surface area contributed by atoms with Gasteiger partial charge in [-0.3, -0.25) is 9.36 Å². The van der Waals surface area contributed by atoms with Gasteiger partial charge in [-0.05, 0) is 68.3 Å². The fourth-order valence-electron chi connectivity index (χ4n) is 4.22. The third kappa shape index (κ3) is 4.54. The molecular weight excluding hydrogens is 480 g/mol. The molecule has 0 saturated carbocycles. The molecule has 8 nitrogen and oxygen atoms in total. The van der Waals surface area contributed by atoms with E-state index in [-0.39, 0.29) is 17.7 Å². The van der Waals surface area contributed by atoms with Crippen LogP contribution in [0.25, 0.3) is 6.08 Å². The summed E-state index contributed by atoms with van der Waals surface area (Å²) in [6.45, 7) is 5.63. The number of carbonyl (C=O) groups is 1. The SMILES string of the molecule is CCOC(=O)C1=C(C)N=c2s/c(=C\c3ccc(OC)cc3C)c(=O)n2[C@@H]1c1cc(OC)ccc1OC. The first-order chi connectivity index (χ1) is 17.3. The number of methoxy groups -OCH3 is 3. The van der Waals surface area contributed by atoms with E-state index in [0.29, 0.717) is 32.1 Å². The molecule has 0 radical (unpaired) electrons. The summed E-state index contributed by atoms with van der Waals surface area (Å²) in [5.41, 5.74) is 2.95. The molecule has 0 unspecified atom stereocenters. The van der Waals surface area contributed by atoms with Crippen LogP contribution in [0.2, 0.25) is 0 Å². The summed E-state index contributed by atoms with van der Waals surface area (Å²) in [5, 5.41) is 0. The van der Waals surface area contributed by atoms with E-state index in [1.807, 2.05) is 31.2 Å². The molecule has 0 bridgehead atoms. The summed E-state index contributed by atoms with van der Waals surface area (Å²) in [7, 11) is 4.71. The molecule has 2 aromatic carbocycles. The molecule has 0 aliphatic carbocycles. The molecule has 0 spiro atoms. The predicted molar refractivity (Wildman–Crippen MR) is 138 cm³/mol. The number of hydrogen-bond donors (Lipinski definition) is 0. The number of esters is 1. The number of thiazole rings is 1. The van der Waals surface area contributed by atoms with Gasteiger partial charge in [0.1, 0.15) is 23.3 Å². The Balaban J connectivity index is 2.00. The summed E-state index contributed by atoms with van der Waals surface area (Å²) >= 11 is 1.27. The second kappa shape index (κ2) is 10.4. The lowest BCUT2D eigenvalue weighted by molar-refractivity contribution is -0.139. The number of hydrogen-bond acceptors (Lipinski definition) is 8. The van der Waals surface area contributed by atoms with Crippen LogP contribution in [-0.2, 0) is 9.53 Å². The second-order valence-electron chi connectivity index (χ2n) is 8.13. The molecule has 9 heteroatoms. The van der Waals surface area contributed by atoms with E-state index in [0.717, 1.165) is 16.9 Å². The first-order valence-electron chi connectivity index (χ1n) is 11.4. The van der Waals surface area contributed by atoms with Gasteiger partial charge >= 0.3 is 5.97 Å². The molecule has 4 rings (SSSR count). The fourth-order valence-corrected chi connectivity index (χ4v) is 5.25. The van der Waals surface area contributed by atoms with Crippen molar-refractivity contribution in [2.75, 3.05) is 27.9 Å². The van der Waals surface area contributed by atoms with E-state index in [1.54, 1.807) is 53.4 Å². The quantitative estimate of drug-likeness (QED) is 0.456. The van der Waals surface area contributed by atoms with Gasteiger partial charge in [-0.15, -0.1) is 0 Å². The zero-order valence-corrected chi connectivity index (χ0v) is 21.9. The average Bonchev–Trinajstić information content (AvgIpc) is 3.18. The van der Waals surface area contributed by atoms with Gasteiger partial charge in [-0.25, -0.2) is 9.79 Å². The van der Waals surface area contributed by atoms with Gasteiger partial charge in [0.2, 0.25) is 0 Å². The zero-order chi connectivity index (χ0) is 26.0. The molecular formula is C27H28N2O6S. The van der Waals surface area contributed by atoms with Gasteiger partial charge in [-0.1, -0.05) is 17.4 Å². The van der Waals surface area contributed by atoms with Crippen molar-refractivity contribution in [2.24, 2.45) is 4.99 Å². The standard InChI is InChI=1S/C27H28N2O6S/c1-7-35-26(31)23-16(3)28-27-29(24(23)20-14-19(33-5)10-11-21(20)34-6)25(30)22(36-27)13-17-8-9-18(32-4)12-15(17)2/h8-14,24H,7H2,1-6H3/b22-13-/t24-/m1/s1. The Labute approximate surface area is 212 Å². The molecule has 188 valence electrons. The smallest absolute Gasteiger partial charge is 0.338 e. The molecule has 36 heavy (non-hydrogen) atoms. The molecule has 1 aliphatic heterocycles. The minimum absolute atomic E-state index is 0.193. The Morgan fingerprint density at radius 1 is 1.06 bits per heavy atom. The van der Waals surface area contributed by atoms with Gasteiger partial charge in [0.25, 0.3) is 5.56 Å². The van der Waals surface area contributed by atoms with Crippen LogP contribution in [0.15, 0.2) is 57.5 Å². The lowest BCUT2D eigenvalue weighted by Gasteiger charge is -2.26. The van der Waals surface area contributed by atoms with E-state index < -0.39 is 12.0 Å². The van der Waals surface area contributed by atoms with Crippen LogP contribution in [-0.4, -0.2) is 38.5 Å². The monoisotopic (exact) mass is 508 g/mol. The second-order valence-corrected chi connectivity index (χ2v) is 9.14. The number of benzene rings is 2. The predicted octanol–water partition coefficient (Wildman–Crippen LogP) is 3.13. The van der Waals surface area contributed by atoms with Crippen LogP contribution < -0.4 is 29.1 Å². The number of aryl methyl sites for hydroxylation is 1. The Bertz CT molecular complexity index is 1530. The number of aromatic nitrogens is 1. The van der Waals surface area contributed by atoms with Crippen LogP contribution in [0.4, 0.5) is 0 Å². The Kier molecular flexibility index (Phi) is 7.30. The van der Waals surface area contributed by atoms with Crippen molar-refractivity contribution in [2.45, 2.75) is 26.8 Å². The van der Waals surface area contributed by atoms with Crippen LogP contribution in [0.1, 0.15) is 36.6 Å².